The third-order valence-corrected chi connectivity index (χ3v) is 1.98. The van der Waals surface area contributed by atoms with Crippen molar-refractivity contribution >= 4 is 11.4 Å². The number of hydrogen-bond donors (Lipinski definition) is 1. The van der Waals surface area contributed by atoms with Gasteiger partial charge in [-0.1, -0.05) is 0 Å². The Morgan fingerprint density at radius 1 is 1.50 bits per heavy atom. The molecule has 0 spiro atoms. The third kappa shape index (κ3) is 3.16. The van der Waals surface area contributed by atoms with E-state index in [2.05, 4.69) is 5.18 Å². The lowest BCUT2D eigenvalue weighted by Crippen LogP contribution is -2.19. The quantitative estimate of drug-likeness (QED) is 0.614. The minimum atomic E-state index is -0.637. The van der Waals surface area contributed by atoms with Crippen LogP contribution in [0.1, 0.15) is 0 Å². The number of likely N-dealkylation sites (N-methyl/N-ethyl adjacent to an activating group) is 1. The summed E-state index contributed by atoms with van der Waals surface area (Å²) < 4.78 is 18.5. The molecule has 0 saturated heterocycles. The SMILES string of the molecule is CN(C)CCOc1cc(N)c(N=O)cc1F. The van der Waals surface area contributed by atoms with Crippen LogP contribution < -0.4 is 10.5 Å². The van der Waals surface area contributed by atoms with Crippen LogP contribution in [-0.2, 0) is 0 Å². The zero-order valence-electron chi connectivity index (χ0n) is 9.24. The van der Waals surface area contributed by atoms with Gasteiger partial charge in [-0.25, -0.2) is 4.39 Å². The van der Waals surface area contributed by atoms with Gasteiger partial charge >= 0.3 is 0 Å². The van der Waals surface area contributed by atoms with Crippen LogP contribution in [-0.4, -0.2) is 32.1 Å². The summed E-state index contributed by atoms with van der Waals surface area (Å²) in [5, 5.41) is 2.60. The van der Waals surface area contributed by atoms with Crippen molar-refractivity contribution in [3.8, 4) is 5.75 Å². The Bertz CT molecular complexity index is 383. The Kier molecular flexibility index (Phi) is 4.19. The fraction of sp³-hybridized carbons (Fsp3) is 0.400. The zero-order valence-corrected chi connectivity index (χ0v) is 9.24. The maximum atomic E-state index is 13.3. The van der Waals surface area contributed by atoms with E-state index in [1.807, 2.05) is 19.0 Å². The van der Waals surface area contributed by atoms with Gasteiger partial charge in [-0.3, -0.25) is 0 Å². The number of hydrogen-bond acceptors (Lipinski definition) is 5. The standard InChI is InChI=1S/C10H14FN3O2/c1-14(2)3-4-16-10-6-8(12)9(13-15)5-7(10)11/h5-6H,3-4,12H2,1-2H3. The van der Waals surface area contributed by atoms with Crippen LogP contribution in [0.25, 0.3) is 0 Å². The summed E-state index contributed by atoms with van der Waals surface area (Å²) in [5.74, 6) is -0.602. The maximum Gasteiger partial charge on any atom is 0.167 e. The van der Waals surface area contributed by atoms with Crippen molar-refractivity contribution < 1.29 is 9.13 Å². The average Bonchev–Trinajstić information content (AvgIpc) is 2.22. The smallest absolute Gasteiger partial charge is 0.167 e. The maximum absolute atomic E-state index is 13.3. The fourth-order valence-corrected chi connectivity index (χ4v) is 1.09. The van der Waals surface area contributed by atoms with Crippen LogP contribution >= 0.6 is 0 Å². The minimum absolute atomic E-state index is 0.0340. The van der Waals surface area contributed by atoms with Crippen molar-refractivity contribution in [2.75, 3.05) is 33.0 Å². The number of nitrogen functional groups attached to an aromatic ring is 1. The van der Waals surface area contributed by atoms with E-state index >= 15 is 0 Å². The molecule has 0 aliphatic heterocycles. The number of nitrogens with zero attached hydrogens (tertiary/aromatic N) is 2. The number of nitrogens with two attached hydrogens (primary N) is 1. The molecule has 0 saturated carbocycles. The number of ether oxygens (including phenoxy) is 1. The summed E-state index contributed by atoms with van der Waals surface area (Å²) in [6, 6.07) is 2.23. The molecule has 6 heteroatoms. The number of rotatable bonds is 5. The molecule has 0 radical (unpaired) electrons. The third-order valence-electron chi connectivity index (χ3n) is 1.98. The second kappa shape index (κ2) is 5.41. The highest BCUT2D eigenvalue weighted by Crippen LogP contribution is 2.29. The van der Waals surface area contributed by atoms with Crippen LogP contribution in [0.2, 0.25) is 0 Å². The lowest BCUT2D eigenvalue weighted by molar-refractivity contribution is 0.252. The van der Waals surface area contributed by atoms with Crippen LogP contribution in [0.15, 0.2) is 17.3 Å². The number of benzene rings is 1. The summed E-state index contributed by atoms with van der Waals surface area (Å²) in [7, 11) is 3.76. The zero-order chi connectivity index (χ0) is 12.1. The Morgan fingerprint density at radius 2 is 2.19 bits per heavy atom. The fourth-order valence-electron chi connectivity index (χ4n) is 1.09. The van der Waals surface area contributed by atoms with E-state index in [0.29, 0.717) is 13.2 Å². The summed E-state index contributed by atoms with van der Waals surface area (Å²) in [6.07, 6.45) is 0. The van der Waals surface area contributed by atoms with Crippen LogP contribution in [0.3, 0.4) is 0 Å². The molecule has 0 fully saturated rings. The van der Waals surface area contributed by atoms with Crippen molar-refractivity contribution in [3.63, 3.8) is 0 Å². The van der Waals surface area contributed by atoms with Gasteiger partial charge in [0, 0.05) is 18.7 Å². The van der Waals surface area contributed by atoms with Gasteiger partial charge in [-0.05, 0) is 19.3 Å². The van der Waals surface area contributed by atoms with E-state index in [9.17, 15) is 9.30 Å². The van der Waals surface area contributed by atoms with Crippen molar-refractivity contribution in [1.82, 2.24) is 4.90 Å². The molecule has 0 aliphatic carbocycles. The molecule has 2 N–H and O–H groups in total. The first-order valence-corrected chi connectivity index (χ1v) is 4.74. The first-order valence-electron chi connectivity index (χ1n) is 4.74. The Balaban J connectivity index is 2.73. The molecule has 1 aromatic carbocycles. The largest absolute Gasteiger partial charge is 0.489 e. The van der Waals surface area contributed by atoms with Crippen LogP contribution in [0.5, 0.6) is 5.75 Å². The average molecular weight is 227 g/mol. The van der Waals surface area contributed by atoms with E-state index in [0.717, 1.165) is 6.07 Å². The molecule has 5 nitrogen and oxygen atoms in total. The monoisotopic (exact) mass is 227 g/mol. The molecule has 0 aromatic heterocycles. The molecule has 0 aliphatic rings. The lowest BCUT2D eigenvalue weighted by atomic mass is 10.2. The number of anilines is 1. The van der Waals surface area contributed by atoms with Gasteiger partial charge in [0.2, 0.25) is 0 Å². The molecule has 16 heavy (non-hydrogen) atoms. The molecule has 88 valence electrons. The first kappa shape index (κ1) is 12.4. The van der Waals surface area contributed by atoms with E-state index in [1.165, 1.54) is 6.07 Å². The molecule has 0 heterocycles. The Morgan fingerprint density at radius 3 is 2.75 bits per heavy atom. The highest BCUT2D eigenvalue weighted by molar-refractivity contribution is 5.64. The summed E-state index contributed by atoms with van der Waals surface area (Å²) in [5.41, 5.74) is 5.48. The van der Waals surface area contributed by atoms with Gasteiger partial charge in [-0.15, -0.1) is 4.91 Å². The molecule has 0 amide bonds. The molecule has 1 aromatic rings. The molecular weight excluding hydrogens is 213 g/mol. The van der Waals surface area contributed by atoms with E-state index in [4.69, 9.17) is 10.5 Å². The second-order valence-corrected chi connectivity index (χ2v) is 3.58. The predicted octanol–water partition coefficient (Wildman–Crippen LogP) is 1.75. The van der Waals surface area contributed by atoms with E-state index in [-0.39, 0.29) is 17.1 Å². The summed E-state index contributed by atoms with van der Waals surface area (Å²) in [6.45, 7) is 1.00. The molecule has 0 unspecified atom stereocenters. The van der Waals surface area contributed by atoms with Gasteiger partial charge in [0.25, 0.3) is 0 Å². The summed E-state index contributed by atoms with van der Waals surface area (Å²) in [4.78, 5) is 12.2. The van der Waals surface area contributed by atoms with Gasteiger partial charge in [0.05, 0.1) is 5.69 Å². The second-order valence-electron chi connectivity index (χ2n) is 3.58. The highest BCUT2D eigenvalue weighted by Gasteiger charge is 2.09. The van der Waals surface area contributed by atoms with Crippen molar-refractivity contribution in [2.24, 2.45) is 5.18 Å². The normalized spacial score (nSPS) is 10.5. The van der Waals surface area contributed by atoms with Gasteiger partial charge in [0.1, 0.15) is 12.3 Å². The Labute approximate surface area is 93.0 Å². The van der Waals surface area contributed by atoms with Crippen molar-refractivity contribution in [2.45, 2.75) is 0 Å². The topological polar surface area (TPSA) is 67.9 Å². The minimum Gasteiger partial charge on any atom is -0.489 e. The van der Waals surface area contributed by atoms with Crippen molar-refractivity contribution in [3.05, 3.63) is 22.9 Å². The van der Waals surface area contributed by atoms with Gasteiger partial charge < -0.3 is 15.4 Å². The van der Waals surface area contributed by atoms with E-state index in [1.54, 1.807) is 0 Å². The number of nitroso groups, excluding NO2 is 1. The summed E-state index contributed by atoms with van der Waals surface area (Å²) >= 11 is 0. The molecule has 0 bridgehead atoms. The van der Waals surface area contributed by atoms with E-state index < -0.39 is 5.82 Å². The van der Waals surface area contributed by atoms with Crippen molar-refractivity contribution in [1.29, 1.82) is 0 Å². The molecule has 1 rings (SSSR count). The van der Waals surface area contributed by atoms with Gasteiger partial charge in [-0.2, -0.15) is 0 Å². The molecule has 0 atom stereocenters. The molecular formula is C10H14FN3O2. The number of halogens is 1. The van der Waals surface area contributed by atoms with Gasteiger partial charge in [0.15, 0.2) is 11.6 Å². The van der Waals surface area contributed by atoms with Crippen LogP contribution in [0.4, 0.5) is 15.8 Å². The van der Waals surface area contributed by atoms with Crippen LogP contribution in [0, 0.1) is 10.7 Å². The predicted molar refractivity (Wildman–Crippen MR) is 60.3 cm³/mol. The Hall–Kier alpha value is -1.69. The first-order chi connectivity index (χ1) is 7.54. The lowest BCUT2D eigenvalue weighted by Gasteiger charge is -2.12. The highest BCUT2D eigenvalue weighted by atomic mass is 19.1.